The van der Waals surface area contributed by atoms with E-state index in [2.05, 4.69) is 4.98 Å². The second-order valence-electron chi connectivity index (χ2n) is 4.94. The lowest BCUT2D eigenvalue weighted by molar-refractivity contribution is 0.0282. The zero-order valence-electron chi connectivity index (χ0n) is 12.0. The highest BCUT2D eigenvalue weighted by Gasteiger charge is 2.17. The van der Waals surface area contributed by atoms with E-state index >= 15 is 0 Å². The Kier molecular flexibility index (Phi) is 5.62. The van der Waals surface area contributed by atoms with Crippen LogP contribution in [0.2, 0.25) is 14.4 Å². The van der Waals surface area contributed by atoms with Gasteiger partial charge in [-0.25, -0.2) is 4.98 Å². The quantitative estimate of drug-likeness (QED) is 0.529. The third-order valence-electron chi connectivity index (χ3n) is 3.38. The van der Waals surface area contributed by atoms with Crippen LogP contribution in [0.15, 0.2) is 48.4 Å². The first kappa shape index (κ1) is 16.8. The zero-order chi connectivity index (χ0) is 16.2. The number of hydrogen-bond donors (Lipinski definition) is 0. The molecule has 0 aliphatic rings. The van der Waals surface area contributed by atoms with Gasteiger partial charge in [0.2, 0.25) is 0 Å². The molecular weight excluding hydrogens is 375 g/mol. The molecule has 7 heteroatoms. The summed E-state index contributed by atoms with van der Waals surface area (Å²) in [7, 11) is 0. The van der Waals surface area contributed by atoms with Crippen molar-refractivity contribution in [3.8, 4) is 0 Å². The van der Waals surface area contributed by atoms with Crippen LogP contribution >= 0.6 is 46.1 Å². The minimum atomic E-state index is -0.232. The molecule has 120 valence electrons. The van der Waals surface area contributed by atoms with Crippen molar-refractivity contribution in [3.63, 3.8) is 0 Å². The van der Waals surface area contributed by atoms with Crippen LogP contribution in [-0.2, 0) is 17.9 Å². The van der Waals surface area contributed by atoms with Gasteiger partial charge < -0.3 is 9.30 Å². The van der Waals surface area contributed by atoms with Gasteiger partial charge in [0.1, 0.15) is 6.10 Å². The molecular formula is C16H13Cl3N2OS. The molecule has 23 heavy (non-hydrogen) atoms. The molecule has 1 atom stereocenters. The molecule has 0 aliphatic carbocycles. The molecule has 0 N–H and O–H groups in total. The summed E-state index contributed by atoms with van der Waals surface area (Å²) in [4.78, 5) is 4.06. The number of imidazole rings is 1. The van der Waals surface area contributed by atoms with Crippen molar-refractivity contribution < 1.29 is 4.74 Å². The summed E-state index contributed by atoms with van der Waals surface area (Å²) in [5.41, 5.74) is 1.86. The van der Waals surface area contributed by atoms with Crippen LogP contribution in [0.3, 0.4) is 0 Å². The fourth-order valence-corrected chi connectivity index (χ4v) is 3.63. The number of benzene rings is 1. The van der Waals surface area contributed by atoms with E-state index in [9.17, 15) is 0 Å². The summed E-state index contributed by atoms with van der Waals surface area (Å²) in [6.07, 6.45) is 5.14. The van der Waals surface area contributed by atoms with Crippen LogP contribution in [0.5, 0.6) is 0 Å². The van der Waals surface area contributed by atoms with Gasteiger partial charge in [-0.05, 0) is 23.6 Å². The Bertz CT molecular complexity index is 773. The van der Waals surface area contributed by atoms with Crippen LogP contribution in [0.4, 0.5) is 0 Å². The van der Waals surface area contributed by atoms with Crippen LogP contribution in [0.25, 0.3) is 0 Å². The van der Waals surface area contributed by atoms with Crippen molar-refractivity contribution >= 4 is 46.1 Å². The van der Waals surface area contributed by atoms with Crippen molar-refractivity contribution in [1.82, 2.24) is 9.55 Å². The Labute approximate surface area is 153 Å². The van der Waals surface area contributed by atoms with Gasteiger partial charge in [-0.2, -0.15) is 0 Å². The largest absolute Gasteiger partial charge is 0.367 e. The second-order valence-corrected chi connectivity index (χ2v) is 7.31. The molecule has 2 heterocycles. The van der Waals surface area contributed by atoms with Crippen LogP contribution in [-0.4, -0.2) is 9.55 Å². The lowest BCUT2D eigenvalue weighted by Gasteiger charge is -2.20. The maximum atomic E-state index is 6.34. The topological polar surface area (TPSA) is 27.1 Å². The molecule has 0 saturated carbocycles. The molecule has 1 aromatic carbocycles. The van der Waals surface area contributed by atoms with Gasteiger partial charge in [0.25, 0.3) is 0 Å². The normalized spacial score (nSPS) is 12.5. The Morgan fingerprint density at radius 1 is 1.22 bits per heavy atom. The fourth-order valence-electron chi connectivity index (χ4n) is 2.20. The monoisotopic (exact) mass is 386 g/mol. The highest BCUT2D eigenvalue weighted by molar-refractivity contribution is 7.14. The average Bonchev–Trinajstić information content (AvgIpc) is 3.16. The van der Waals surface area contributed by atoms with Gasteiger partial charge >= 0.3 is 0 Å². The second kappa shape index (κ2) is 7.69. The van der Waals surface area contributed by atoms with Gasteiger partial charge in [-0.15, -0.1) is 11.3 Å². The molecule has 0 unspecified atom stereocenters. The maximum absolute atomic E-state index is 6.34. The molecule has 0 amide bonds. The SMILES string of the molecule is Clc1ccc([C@H](Cn2ccnc2)OCc2ccsc2Cl)c(Cl)c1. The molecule has 3 aromatic rings. The van der Waals surface area contributed by atoms with E-state index in [4.69, 9.17) is 39.5 Å². The van der Waals surface area contributed by atoms with E-state index in [1.54, 1.807) is 18.6 Å². The standard InChI is InChI=1S/C16H13Cl3N2OS/c17-12-1-2-13(14(18)7-12)15(8-21-5-4-20-10-21)22-9-11-3-6-23-16(11)19/h1-7,10,15H,8-9H2/t15-/m0/s1. The van der Waals surface area contributed by atoms with Gasteiger partial charge in [0, 0.05) is 33.6 Å². The summed E-state index contributed by atoms with van der Waals surface area (Å²) in [5.74, 6) is 0. The molecule has 0 aliphatic heterocycles. The van der Waals surface area contributed by atoms with Gasteiger partial charge in [0.15, 0.2) is 0 Å². The summed E-state index contributed by atoms with van der Waals surface area (Å²) in [6.45, 7) is 1.02. The summed E-state index contributed by atoms with van der Waals surface area (Å²) in [5, 5.41) is 3.13. The van der Waals surface area contributed by atoms with Crippen molar-refractivity contribution in [3.05, 3.63) is 73.9 Å². The van der Waals surface area contributed by atoms with E-state index in [0.29, 0.717) is 23.2 Å². The Balaban J connectivity index is 1.82. The molecule has 0 fully saturated rings. The minimum absolute atomic E-state index is 0.232. The number of hydrogen-bond acceptors (Lipinski definition) is 3. The van der Waals surface area contributed by atoms with E-state index in [-0.39, 0.29) is 6.10 Å². The number of thiophene rings is 1. The van der Waals surface area contributed by atoms with E-state index in [0.717, 1.165) is 15.5 Å². The van der Waals surface area contributed by atoms with Crippen LogP contribution < -0.4 is 0 Å². The van der Waals surface area contributed by atoms with E-state index in [1.807, 2.05) is 34.3 Å². The van der Waals surface area contributed by atoms with Gasteiger partial charge in [-0.1, -0.05) is 40.9 Å². The third-order valence-corrected chi connectivity index (χ3v) is 5.19. The van der Waals surface area contributed by atoms with Crippen LogP contribution in [0.1, 0.15) is 17.2 Å². The summed E-state index contributed by atoms with van der Waals surface area (Å²) in [6, 6.07) is 7.39. The molecule has 0 spiro atoms. The van der Waals surface area contributed by atoms with E-state index in [1.165, 1.54) is 11.3 Å². The molecule has 3 rings (SSSR count). The summed E-state index contributed by atoms with van der Waals surface area (Å²) < 4.78 is 8.79. The lowest BCUT2D eigenvalue weighted by Crippen LogP contribution is -2.12. The first-order valence-electron chi connectivity index (χ1n) is 6.87. The first-order chi connectivity index (χ1) is 11.1. The first-order valence-corrected chi connectivity index (χ1v) is 8.89. The Morgan fingerprint density at radius 3 is 2.74 bits per heavy atom. The van der Waals surface area contributed by atoms with Crippen molar-refractivity contribution in [1.29, 1.82) is 0 Å². The highest BCUT2D eigenvalue weighted by atomic mass is 35.5. The van der Waals surface area contributed by atoms with Crippen molar-refractivity contribution in [2.45, 2.75) is 19.3 Å². The smallest absolute Gasteiger partial charge is 0.102 e. The zero-order valence-corrected chi connectivity index (χ0v) is 15.0. The number of nitrogens with zero attached hydrogens (tertiary/aromatic N) is 2. The predicted molar refractivity (Wildman–Crippen MR) is 95.5 cm³/mol. The van der Waals surface area contributed by atoms with Crippen molar-refractivity contribution in [2.75, 3.05) is 0 Å². The van der Waals surface area contributed by atoms with E-state index < -0.39 is 0 Å². The molecule has 3 nitrogen and oxygen atoms in total. The number of rotatable bonds is 6. The summed E-state index contributed by atoms with van der Waals surface area (Å²) >= 11 is 20.0. The average molecular weight is 388 g/mol. The van der Waals surface area contributed by atoms with Crippen LogP contribution in [0, 0.1) is 0 Å². The Hall–Kier alpha value is -1.04. The van der Waals surface area contributed by atoms with Crippen molar-refractivity contribution in [2.24, 2.45) is 0 Å². The third kappa shape index (κ3) is 4.28. The fraction of sp³-hybridized carbons (Fsp3) is 0.188. The number of ether oxygens (including phenoxy) is 1. The number of halogens is 3. The Morgan fingerprint density at radius 2 is 2.09 bits per heavy atom. The van der Waals surface area contributed by atoms with Gasteiger partial charge in [-0.3, -0.25) is 0 Å². The van der Waals surface area contributed by atoms with Gasteiger partial charge in [0.05, 0.1) is 23.8 Å². The predicted octanol–water partition coefficient (Wildman–Crippen LogP) is 5.86. The molecule has 0 radical (unpaired) electrons. The molecule has 0 saturated heterocycles. The highest BCUT2D eigenvalue weighted by Crippen LogP contribution is 2.32. The number of aromatic nitrogens is 2. The minimum Gasteiger partial charge on any atom is -0.367 e. The lowest BCUT2D eigenvalue weighted by atomic mass is 10.1. The molecule has 2 aromatic heterocycles. The maximum Gasteiger partial charge on any atom is 0.102 e. The molecule has 0 bridgehead atoms.